The van der Waals surface area contributed by atoms with Crippen LogP contribution in [-0.2, 0) is 11.0 Å². The molecule has 0 fully saturated rings. The van der Waals surface area contributed by atoms with Crippen LogP contribution in [0.5, 0.6) is 0 Å². The van der Waals surface area contributed by atoms with E-state index < -0.39 is 23.8 Å². The Balaban J connectivity index is 3.36. The van der Waals surface area contributed by atoms with Gasteiger partial charge in [0.05, 0.1) is 5.56 Å². The fraction of sp³-hybridized carbons (Fsp3) is 0.364. The van der Waals surface area contributed by atoms with Gasteiger partial charge < -0.3 is 15.1 Å². The standard InChI is InChI=1S/C11H12F3NO3/c1-15(2)8-4-6(9(16)10(17)18)3-7(5-8)11(12,13)14/h3-5,9,16H,1-2H3,(H,17,18). The van der Waals surface area contributed by atoms with Crippen molar-refractivity contribution < 1.29 is 28.2 Å². The largest absolute Gasteiger partial charge is 0.479 e. The summed E-state index contributed by atoms with van der Waals surface area (Å²) in [5.41, 5.74) is -1.13. The zero-order valence-electron chi connectivity index (χ0n) is 9.69. The molecule has 0 aliphatic rings. The van der Waals surface area contributed by atoms with Gasteiger partial charge in [0.15, 0.2) is 6.10 Å². The normalized spacial score (nSPS) is 13.2. The molecule has 100 valence electrons. The van der Waals surface area contributed by atoms with Crippen LogP contribution in [0.25, 0.3) is 0 Å². The van der Waals surface area contributed by atoms with E-state index in [0.717, 1.165) is 6.07 Å². The fourth-order valence-corrected chi connectivity index (χ4v) is 1.36. The SMILES string of the molecule is CN(C)c1cc(C(O)C(=O)O)cc(C(F)(F)F)c1. The van der Waals surface area contributed by atoms with Crippen LogP contribution >= 0.6 is 0 Å². The molecule has 1 aromatic rings. The molecule has 0 saturated carbocycles. The lowest BCUT2D eigenvalue weighted by atomic mass is 10.0. The number of anilines is 1. The summed E-state index contributed by atoms with van der Waals surface area (Å²) in [6.45, 7) is 0. The number of rotatable bonds is 3. The van der Waals surface area contributed by atoms with Crippen molar-refractivity contribution in [3.8, 4) is 0 Å². The number of hydrogen-bond donors (Lipinski definition) is 2. The van der Waals surface area contributed by atoms with Gasteiger partial charge in [-0.25, -0.2) is 4.79 Å². The number of nitrogens with zero attached hydrogens (tertiary/aromatic N) is 1. The highest BCUT2D eigenvalue weighted by Crippen LogP contribution is 2.34. The highest BCUT2D eigenvalue weighted by molar-refractivity contribution is 5.75. The first-order valence-electron chi connectivity index (χ1n) is 4.93. The first kappa shape index (κ1) is 14.3. The predicted octanol–water partition coefficient (Wildman–Crippen LogP) is 1.89. The summed E-state index contributed by atoms with van der Waals surface area (Å²) in [4.78, 5) is 12.0. The van der Waals surface area contributed by atoms with E-state index in [4.69, 9.17) is 5.11 Å². The van der Waals surface area contributed by atoms with E-state index in [9.17, 15) is 23.1 Å². The van der Waals surface area contributed by atoms with Crippen LogP contribution in [0.4, 0.5) is 18.9 Å². The molecule has 0 amide bonds. The molecule has 7 heteroatoms. The Kier molecular flexibility index (Phi) is 3.85. The molecule has 18 heavy (non-hydrogen) atoms. The molecule has 0 radical (unpaired) electrons. The van der Waals surface area contributed by atoms with E-state index in [-0.39, 0.29) is 11.3 Å². The lowest BCUT2D eigenvalue weighted by Gasteiger charge is -2.18. The van der Waals surface area contributed by atoms with E-state index in [0.29, 0.717) is 6.07 Å². The number of benzene rings is 1. The van der Waals surface area contributed by atoms with Crippen LogP contribution in [0.15, 0.2) is 18.2 Å². The second-order valence-corrected chi connectivity index (χ2v) is 3.95. The van der Waals surface area contributed by atoms with Crippen molar-refractivity contribution in [3.05, 3.63) is 29.3 Å². The number of hydrogen-bond acceptors (Lipinski definition) is 3. The van der Waals surface area contributed by atoms with Crippen molar-refractivity contribution in [2.24, 2.45) is 0 Å². The van der Waals surface area contributed by atoms with Gasteiger partial charge in [0.2, 0.25) is 0 Å². The first-order valence-corrected chi connectivity index (χ1v) is 4.93. The van der Waals surface area contributed by atoms with Crippen molar-refractivity contribution in [3.63, 3.8) is 0 Å². The molecule has 0 heterocycles. The molecule has 0 saturated heterocycles. The molecule has 1 unspecified atom stereocenters. The van der Waals surface area contributed by atoms with Crippen molar-refractivity contribution in [1.82, 2.24) is 0 Å². The van der Waals surface area contributed by atoms with E-state index in [1.807, 2.05) is 0 Å². The van der Waals surface area contributed by atoms with Gasteiger partial charge in [-0.1, -0.05) is 0 Å². The zero-order chi connectivity index (χ0) is 14.1. The first-order chi connectivity index (χ1) is 8.12. The summed E-state index contributed by atoms with van der Waals surface area (Å²) in [6, 6.07) is 2.72. The van der Waals surface area contributed by atoms with Crippen LogP contribution in [0, 0.1) is 0 Å². The lowest BCUT2D eigenvalue weighted by Crippen LogP contribution is -2.16. The van der Waals surface area contributed by atoms with Crippen LogP contribution in [0.3, 0.4) is 0 Å². The van der Waals surface area contributed by atoms with Crippen LogP contribution in [-0.4, -0.2) is 30.3 Å². The van der Waals surface area contributed by atoms with Crippen LogP contribution < -0.4 is 4.90 Å². The Morgan fingerprint density at radius 3 is 2.22 bits per heavy atom. The maximum atomic E-state index is 12.6. The molecular weight excluding hydrogens is 251 g/mol. The molecule has 4 nitrogen and oxygen atoms in total. The molecule has 0 bridgehead atoms. The minimum absolute atomic E-state index is 0.167. The fourth-order valence-electron chi connectivity index (χ4n) is 1.36. The maximum Gasteiger partial charge on any atom is 0.416 e. The second-order valence-electron chi connectivity index (χ2n) is 3.95. The third kappa shape index (κ3) is 3.13. The monoisotopic (exact) mass is 263 g/mol. The smallest absolute Gasteiger partial charge is 0.416 e. The van der Waals surface area contributed by atoms with Crippen LogP contribution in [0.1, 0.15) is 17.2 Å². The molecule has 0 aliphatic heterocycles. The summed E-state index contributed by atoms with van der Waals surface area (Å²) in [7, 11) is 3.04. The molecule has 1 atom stereocenters. The van der Waals surface area contributed by atoms with Gasteiger partial charge in [-0.3, -0.25) is 0 Å². The summed E-state index contributed by atoms with van der Waals surface area (Å²) < 4.78 is 37.9. The Hall–Kier alpha value is -1.76. The Bertz CT molecular complexity index is 457. The highest BCUT2D eigenvalue weighted by Gasteiger charge is 2.32. The molecule has 1 rings (SSSR count). The number of aliphatic hydroxyl groups excluding tert-OH is 1. The van der Waals surface area contributed by atoms with Crippen LogP contribution in [0.2, 0.25) is 0 Å². The third-order valence-corrected chi connectivity index (χ3v) is 2.33. The van der Waals surface area contributed by atoms with E-state index in [1.165, 1.54) is 25.1 Å². The maximum absolute atomic E-state index is 12.6. The summed E-state index contributed by atoms with van der Waals surface area (Å²) in [5.74, 6) is -1.60. The van der Waals surface area contributed by atoms with Gasteiger partial charge in [-0.05, 0) is 23.8 Å². The number of alkyl halides is 3. The van der Waals surface area contributed by atoms with Gasteiger partial charge in [0.25, 0.3) is 0 Å². The Morgan fingerprint density at radius 1 is 1.28 bits per heavy atom. The predicted molar refractivity (Wildman–Crippen MR) is 58.4 cm³/mol. The lowest BCUT2D eigenvalue weighted by molar-refractivity contribution is -0.147. The summed E-state index contributed by atoms with van der Waals surface area (Å²) in [5, 5.41) is 17.9. The summed E-state index contributed by atoms with van der Waals surface area (Å²) in [6.07, 6.45) is -6.58. The average molecular weight is 263 g/mol. The van der Waals surface area contributed by atoms with Gasteiger partial charge in [0.1, 0.15) is 0 Å². The van der Waals surface area contributed by atoms with Crippen molar-refractivity contribution in [2.45, 2.75) is 12.3 Å². The quantitative estimate of drug-likeness (QED) is 0.874. The molecule has 0 aliphatic carbocycles. The number of aliphatic carboxylic acids is 1. The minimum Gasteiger partial charge on any atom is -0.479 e. The van der Waals surface area contributed by atoms with Crippen molar-refractivity contribution >= 4 is 11.7 Å². The topological polar surface area (TPSA) is 60.8 Å². The Morgan fingerprint density at radius 2 is 1.83 bits per heavy atom. The molecule has 1 aromatic carbocycles. The number of carbonyl (C=O) groups is 1. The van der Waals surface area contributed by atoms with E-state index in [1.54, 1.807) is 0 Å². The number of halogens is 3. The van der Waals surface area contributed by atoms with Gasteiger partial charge in [-0.15, -0.1) is 0 Å². The summed E-state index contributed by atoms with van der Waals surface area (Å²) >= 11 is 0. The highest BCUT2D eigenvalue weighted by atomic mass is 19.4. The molecular formula is C11H12F3NO3. The molecule has 2 N–H and O–H groups in total. The third-order valence-electron chi connectivity index (χ3n) is 2.33. The number of carboxylic acid groups (broad SMARTS) is 1. The second kappa shape index (κ2) is 4.85. The van der Waals surface area contributed by atoms with Gasteiger partial charge in [0, 0.05) is 19.8 Å². The van der Waals surface area contributed by atoms with Gasteiger partial charge >= 0.3 is 12.1 Å². The van der Waals surface area contributed by atoms with Gasteiger partial charge in [-0.2, -0.15) is 13.2 Å². The van der Waals surface area contributed by atoms with Crippen molar-refractivity contribution in [2.75, 3.05) is 19.0 Å². The molecule has 0 spiro atoms. The van der Waals surface area contributed by atoms with E-state index >= 15 is 0 Å². The van der Waals surface area contributed by atoms with E-state index in [2.05, 4.69) is 0 Å². The zero-order valence-corrected chi connectivity index (χ0v) is 9.69. The molecule has 0 aromatic heterocycles. The average Bonchev–Trinajstić information content (AvgIpc) is 2.26. The Labute approximate surface area is 101 Å². The van der Waals surface area contributed by atoms with Crippen molar-refractivity contribution in [1.29, 1.82) is 0 Å². The number of aliphatic hydroxyl groups is 1. The number of carboxylic acids is 1. The minimum atomic E-state index is -4.60.